The molecule has 15 heavy (non-hydrogen) atoms. The van der Waals surface area contributed by atoms with Gasteiger partial charge in [0.15, 0.2) is 0 Å². The molecular weight excluding hydrogens is 188 g/mol. The number of carbonyl (C=O) groups excluding carboxylic acids is 1. The summed E-state index contributed by atoms with van der Waals surface area (Å²) in [5, 5.41) is 8.92. The van der Waals surface area contributed by atoms with Crippen LogP contribution in [-0.4, -0.2) is 5.78 Å². The van der Waals surface area contributed by atoms with E-state index in [4.69, 9.17) is 11.0 Å². The summed E-state index contributed by atoms with van der Waals surface area (Å²) in [4.78, 5) is 11.8. The number of hydrogen-bond donors (Lipinski definition) is 1. The standard InChI is InChI=1S/C12H16N2O/c1-7(2)12(15)9-4-10(6-13)8(3)11(14)5-9/h5,7,9H,4,14H2,1-3H3. The molecule has 0 aromatic heterocycles. The molecule has 0 heterocycles. The van der Waals surface area contributed by atoms with Crippen molar-refractivity contribution in [3.63, 3.8) is 0 Å². The number of nitrogens with two attached hydrogens (primary N) is 1. The van der Waals surface area contributed by atoms with E-state index in [0.29, 0.717) is 17.7 Å². The van der Waals surface area contributed by atoms with E-state index in [1.54, 1.807) is 6.08 Å². The van der Waals surface area contributed by atoms with E-state index >= 15 is 0 Å². The molecule has 0 aliphatic heterocycles. The van der Waals surface area contributed by atoms with E-state index in [1.165, 1.54) is 0 Å². The average molecular weight is 204 g/mol. The zero-order valence-electron chi connectivity index (χ0n) is 9.37. The number of allylic oxidation sites excluding steroid dienone is 3. The lowest BCUT2D eigenvalue weighted by atomic mass is 9.83. The Kier molecular flexibility index (Phi) is 3.31. The number of Topliss-reactive ketones (excluding diaryl/α,β-unsaturated/α-hetero) is 1. The Hall–Kier alpha value is -1.56. The van der Waals surface area contributed by atoms with Crippen molar-refractivity contribution in [1.82, 2.24) is 0 Å². The van der Waals surface area contributed by atoms with Crippen LogP contribution in [0.25, 0.3) is 0 Å². The molecule has 0 bridgehead atoms. The molecule has 0 saturated heterocycles. The topological polar surface area (TPSA) is 66.9 Å². The Morgan fingerprint density at radius 3 is 2.73 bits per heavy atom. The minimum atomic E-state index is -0.219. The lowest BCUT2D eigenvalue weighted by Gasteiger charge is -2.20. The quantitative estimate of drug-likeness (QED) is 0.747. The first-order chi connectivity index (χ1) is 6.97. The van der Waals surface area contributed by atoms with E-state index in [9.17, 15) is 4.79 Å². The third-order valence-corrected chi connectivity index (χ3v) is 2.76. The molecule has 3 heteroatoms. The average Bonchev–Trinajstić information content (AvgIpc) is 2.20. The molecule has 2 N–H and O–H groups in total. The van der Waals surface area contributed by atoms with Crippen LogP contribution in [0, 0.1) is 23.2 Å². The summed E-state index contributed by atoms with van der Waals surface area (Å²) in [5.74, 6) is -0.0843. The monoisotopic (exact) mass is 204 g/mol. The molecular formula is C12H16N2O. The van der Waals surface area contributed by atoms with E-state index in [-0.39, 0.29) is 17.6 Å². The van der Waals surface area contributed by atoms with E-state index in [2.05, 4.69) is 6.07 Å². The van der Waals surface area contributed by atoms with Gasteiger partial charge in [0.1, 0.15) is 5.78 Å². The first-order valence-corrected chi connectivity index (χ1v) is 5.08. The lowest BCUT2D eigenvalue weighted by Crippen LogP contribution is -2.23. The first-order valence-electron chi connectivity index (χ1n) is 5.08. The lowest BCUT2D eigenvalue weighted by molar-refractivity contribution is -0.124. The fraction of sp³-hybridized carbons (Fsp3) is 0.500. The van der Waals surface area contributed by atoms with Crippen molar-refractivity contribution in [2.75, 3.05) is 0 Å². The van der Waals surface area contributed by atoms with Crippen molar-refractivity contribution < 1.29 is 4.79 Å². The Bertz CT molecular complexity index is 383. The fourth-order valence-electron chi connectivity index (χ4n) is 1.69. The van der Waals surface area contributed by atoms with Gasteiger partial charge in [-0.25, -0.2) is 0 Å². The smallest absolute Gasteiger partial charge is 0.142 e. The summed E-state index contributed by atoms with van der Waals surface area (Å²) in [7, 11) is 0. The van der Waals surface area contributed by atoms with Crippen LogP contribution in [0.15, 0.2) is 22.9 Å². The minimum Gasteiger partial charge on any atom is -0.399 e. The molecule has 0 aromatic carbocycles. The third kappa shape index (κ3) is 2.27. The van der Waals surface area contributed by atoms with Gasteiger partial charge in [0.25, 0.3) is 0 Å². The van der Waals surface area contributed by atoms with Gasteiger partial charge in [0, 0.05) is 23.1 Å². The normalized spacial score (nSPS) is 21.3. The Labute approximate surface area is 90.3 Å². The highest BCUT2D eigenvalue weighted by Crippen LogP contribution is 2.28. The first kappa shape index (κ1) is 11.5. The molecule has 1 aliphatic carbocycles. The van der Waals surface area contributed by atoms with Crippen LogP contribution < -0.4 is 5.73 Å². The molecule has 1 aliphatic rings. The number of nitriles is 1. The van der Waals surface area contributed by atoms with Crippen LogP contribution >= 0.6 is 0 Å². The molecule has 80 valence electrons. The Morgan fingerprint density at radius 1 is 1.67 bits per heavy atom. The van der Waals surface area contributed by atoms with Gasteiger partial charge in [0.05, 0.1) is 6.07 Å². The van der Waals surface area contributed by atoms with Gasteiger partial charge in [-0.05, 0) is 18.9 Å². The van der Waals surface area contributed by atoms with E-state index < -0.39 is 0 Å². The summed E-state index contributed by atoms with van der Waals surface area (Å²) >= 11 is 0. The highest BCUT2D eigenvalue weighted by molar-refractivity contribution is 5.85. The van der Waals surface area contributed by atoms with Gasteiger partial charge in [-0.2, -0.15) is 5.26 Å². The van der Waals surface area contributed by atoms with Gasteiger partial charge in [-0.3, -0.25) is 4.79 Å². The van der Waals surface area contributed by atoms with Crippen molar-refractivity contribution in [3.05, 3.63) is 22.9 Å². The predicted octanol–water partition coefficient (Wildman–Crippen LogP) is 1.91. The maximum atomic E-state index is 11.8. The van der Waals surface area contributed by atoms with Crippen LogP contribution in [0.2, 0.25) is 0 Å². The summed E-state index contributed by atoms with van der Waals surface area (Å²) in [5.41, 5.74) is 7.78. The molecule has 0 radical (unpaired) electrons. The van der Waals surface area contributed by atoms with E-state index in [0.717, 1.165) is 5.57 Å². The molecule has 0 saturated carbocycles. The number of nitrogens with zero attached hydrogens (tertiary/aromatic N) is 1. The van der Waals surface area contributed by atoms with Crippen molar-refractivity contribution >= 4 is 5.78 Å². The SMILES string of the molecule is CC1=C(C#N)CC(C(=O)C(C)C)C=C1N. The van der Waals surface area contributed by atoms with Crippen molar-refractivity contribution in [2.45, 2.75) is 27.2 Å². The number of ketones is 1. The van der Waals surface area contributed by atoms with Gasteiger partial charge >= 0.3 is 0 Å². The predicted molar refractivity (Wildman–Crippen MR) is 58.5 cm³/mol. The van der Waals surface area contributed by atoms with Crippen molar-refractivity contribution in [3.8, 4) is 6.07 Å². The highest BCUT2D eigenvalue weighted by Gasteiger charge is 2.25. The molecule has 3 nitrogen and oxygen atoms in total. The van der Waals surface area contributed by atoms with Gasteiger partial charge in [-0.1, -0.05) is 19.9 Å². The zero-order valence-corrected chi connectivity index (χ0v) is 9.37. The minimum absolute atomic E-state index is 0.0163. The number of carbonyl (C=O) groups is 1. The zero-order chi connectivity index (χ0) is 11.6. The van der Waals surface area contributed by atoms with Crippen LogP contribution in [-0.2, 0) is 4.79 Å². The van der Waals surface area contributed by atoms with Crippen LogP contribution in [0.5, 0.6) is 0 Å². The molecule has 1 rings (SSSR count). The van der Waals surface area contributed by atoms with Gasteiger partial charge in [-0.15, -0.1) is 0 Å². The van der Waals surface area contributed by atoms with Crippen LogP contribution in [0.4, 0.5) is 0 Å². The molecule has 1 unspecified atom stereocenters. The second kappa shape index (κ2) is 4.31. The van der Waals surface area contributed by atoms with Crippen LogP contribution in [0.3, 0.4) is 0 Å². The van der Waals surface area contributed by atoms with Crippen LogP contribution in [0.1, 0.15) is 27.2 Å². The maximum Gasteiger partial charge on any atom is 0.142 e. The van der Waals surface area contributed by atoms with Crippen molar-refractivity contribution in [2.24, 2.45) is 17.6 Å². The fourth-order valence-corrected chi connectivity index (χ4v) is 1.69. The maximum absolute atomic E-state index is 11.8. The molecule has 0 fully saturated rings. The number of hydrogen-bond acceptors (Lipinski definition) is 3. The van der Waals surface area contributed by atoms with E-state index in [1.807, 2.05) is 20.8 Å². The molecule has 0 amide bonds. The molecule has 1 atom stereocenters. The van der Waals surface area contributed by atoms with Crippen molar-refractivity contribution in [1.29, 1.82) is 5.26 Å². The number of rotatable bonds is 2. The highest BCUT2D eigenvalue weighted by atomic mass is 16.1. The summed E-state index contributed by atoms with van der Waals surface area (Å²) < 4.78 is 0. The van der Waals surface area contributed by atoms with Gasteiger partial charge in [0.2, 0.25) is 0 Å². The summed E-state index contributed by atoms with van der Waals surface area (Å²) in [6.45, 7) is 5.55. The molecule has 0 spiro atoms. The van der Waals surface area contributed by atoms with Gasteiger partial charge < -0.3 is 5.73 Å². The second-order valence-corrected chi connectivity index (χ2v) is 4.21. The summed E-state index contributed by atoms with van der Waals surface area (Å²) in [6.07, 6.45) is 2.28. The molecule has 0 aromatic rings. The second-order valence-electron chi connectivity index (χ2n) is 4.21. The largest absolute Gasteiger partial charge is 0.399 e. The Morgan fingerprint density at radius 2 is 2.27 bits per heavy atom. The Balaban J connectivity index is 2.97. The third-order valence-electron chi connectivity index (χ3n) is 2.76. The summed E-state index contributed by atoms with van der Waals surface area (Å²) in [6, 6.07) is 2.11.